The average molecular weight is 173 g/mol. The van der Waals surface area contributed by atoms with Gasteiger partial charge < -0.3 is 0 Å². The van der Waals surface area contributed by atoms with Crippen LogP contribution < -0.4 is 0 Å². The quantitative estimate of drug-likeness (QED) is 0.529. The second-order valence-electron chi connectivity index (χ2n) is 4.57. The molecule has 0 aliphatic heterocycles. The molecule has 0 saturated carbocycles. The first-order chi connectivity index (χ1) is 6.45. The van der Waals surface area contributed by atoms with Gasteiger partial charge in [0.25, 0.3) is 0 Å². The topological polar surface area (TPSA) is 0 Å². The molecule has 70 valence electrons. The third kappa shape index (κ3) is 1.15. The Kier molecular flexibility index (Phi) is 1.74. The normalized spacial score (nSPS) is 20.9. The van der Waals surface area contributed by atoms with E-state index in [9.17, 15) is 0 Å². The fourth-order valence-corrected chi connectivity index (χ4v) is 3.08. The lowest BCUT2D eigenvalue weighted by Crippen LogP contribution is -2.04. The van der Waals surface area contributed by atoms with Gasteiger partial charge in [-0.25, -0.2) is 6.07 Å². The van der Waals surface area contributed by atoms with Crippen molar-refractivity contribution in [3.63, 3.8) is 0 Å². The van der Waals surface area contributed by atoms with Crippen LogP contribution in [0, 0.1) is 0 Å². The summed E-state index contributed by atoms with van der Waals surface area (Å²) in [6.07, 6.45) is 11.2. The van der Waals surface area contributed by atoms with Gasteiger partial charge in [-0.15, -0.1) is 0 Å². The third-order valence-electron chi connectivity index (χ3n) is 3.73. The molecule has 2 aliphatic carbocycles. The highest BCUT2D eigenvalue weighted by molar-refractivity contribution is 5.47. The minimum Gasteiger partial charge on any atom is -0.207 e. The van der Waals surface area contributed by atoms with Gasteiger partial charge in [-0.05, 0) is 0 Å². The van der Waals surface area contributed by atoms with Crippen molar-refractivity contribution in [2.24, 2.45) is 0 Å². The van der Waals surface area contributed by atoms with Crippen LogP contribution in [0.4, 0.5) is 0 Å². The highest BCUT2D eigenvalue weighted by Gasteiger charge is 2.12. The van der Waals surface area contributed by atoms with Gasteiger partial charge in [-0.2, -0.15) is 22.3 Å². The molecule has 0 heteroatoms. The highest BCUT2D eigenvalue weighted by atomic mass is 14.3. The van der Waals surface area contributed by atoms with Crippen LogP contribution in [0.25, 0.3) is 0 Å². The molecule has 0 saturated heterocycles. The Morgan fingerprint density at radius 1 is 0.923 bits per heavy atom. The number of hydrogen-bond acceptors (Lipinski definition) is 0. The molecule has 0 amide bonds. The molecule has 0 unspecified atom stereocenters. The predicted molar refractivity (Wildman–Crippen MR) is 55.3 cm³/mol. The second-order valence-corrected chi connectivity index (χ2v) is 4.57. The molecule has 0 nitrogen and oxygen atoms in total. The summed E-state index contributed by atoms with van der Waals surface area (Å²) in [6.45, 7) is 0. The zero-order valence-electron chi connectivity index (χ0n) is 8.23. The molecular weight excluding hydrogens is 156 g/mol. The minimum absolute atomic E-state index is 1.36. The first kappa shape index (κ1) is 7.73. The van der Waals surface area contributed by atoms with Crippen LogP contribution >= 0.6 is 0 Å². The molecule has 13 heavy (non-hydrogen) atoms. The van der Waals surface area contributed by atoms with Crippen molar-refractivity contribution >= 4 is 0 Å². The van der Waals surface area contributed by atoms with Gasteiger partial charge in [0.1, 0.15) is 0 Å². The summed E-state index contributed by atoms with van der Waals surface area (Å²) in [5, 5.41) is 0. The van der Waals surface area contributed by atoms with Crippen LogP contribution in [0.1, 0.15) is 47.9 Å². The smallest absolute Gasteiger partial charge is 0.0509 e. The van der Waals surface area contributed by atoms with Crippen molar-refractivity contribution in [1.29, 1.82) is 0 Å². The molecule has 0 N–H and O–H groups in total. The van der Waals surface area contributed by atoms with Crippen molar-refractivity contribution in [2.45, 2.75) is 51.4 Å². The largest absolute Gasteiger partial charge is 0.207 e. The van der Waals surface area contributed by atoms with Gasteiger partial charge in [0.15, 0.2) is 0 Å². The van der Waals surface area contributed by atoms with E-state index < -0.39 is 0 Å². The van der Waals surface area contributed by atoms with Gasteiger partial charge in [0.05, 0.1) is 0 Å². The molecule has 3 rings (SSSR count). The molecule has 1 aromatic carbocycles. The number of fused-ring (bicyclic) bond motifs is 3. The van der Waals surface area contributed by atoms with Crippen molar-refractivity contribution in [3.05, 3.63) is 28.3 Å². The summed E-state index contributed by atoms with van der Waals surface area (Å²) in [4.78, 5) is 0. The molecule has 0 spiro atoms. The predicted octanol–water partition coefficient (Wildman–Crippen LogP) is 3.16. The van der Waals surface area contributed by atoms with E-state index in [0.717, 1.165) is 0 Å². The van der Waals surface area contributed by atoms with E-state index in [1.807, 2.05) is 0 Å². The number of rotatable bonds is 0. The molecule has 0 bridgehead atoms. The summed E-state index contributed by atoms with van der Waals surface area (Å²) < 4.78 is 0. The Balaban J connectivity index is 2.09. The van der Waals surface area contributed by atoms with Gasteiger partial charge >= 0.3 is 0 Å². The average Bonchev–Trinajstić information content (AvgIpc) is 2.56. The lowest BCUT2D eigenvalue weighted by atomic mass is 9.89. The molecule has 0 atom stereocenters. The minimum atomic E-state index is 1.36. The zero-order valence-corrected chi connectivity index (χ0v) is 8.23. The van der Waals surface area contributed by atoms with Crippen molar-refractivity contribution < 1.29 is 0 Å². The maximum atomic E-state index is 2.52. The van der Waals surface area contributed by atoms with Crippen LogP contribution in [0.15, 0.2) is 6.07 Å². The Labute approximate surface area is 80.3 Å². The van der Waals surface area contributed by atoms with E-state index in [-0.39, 0.29) is 0 Å². The Morgan fingerprint density at radius 2 is 1.77 bits per heavy atom. The molecule has 0 fully saturated rings. The first-order valence-corrected chi connectivity index (χ1v) is 5.74. The summed E-state index contributed by atoms with van der Waals surface area (Å²) in [5.74, 6) is 0. The Bertz CT molecular complexity index is 287. The maximum absolute atomic E-state index is 2.52. The van der Waals surface area contributed by atoms with Gasteiger partial charge in [0.2, 0.25) is 0 Å². The number of aryl methyl sites for hydroxylation is 2. The SMILES string of the molecule is c1c2c([c-]3c1CCCC3)CCCC2. The molecule has 0 heterocycles. The van der Waals surface area contributed by atoms with Crippen LogP contribution in [0.2, 0.25) is 0 Å². The van der Waals surface area contributed by atoms with Crippen LogP contribution in [-0.4, -0.2) is 0 Å². The lowest BCUT2D eigenvalue weighted by Gasteiger charge is -2.23. The van der Waals surface area contributed by atoms with Crippen molar-refractivity contribution in [2.75, 3.05) is 0 Å². The standard InChI is InChI=1S/C13H17/c1-3-7-12-10(5-1)9-11-6-2-4-8-13(11)12/h9H,1-8H2/q-1. The van der Waals surface area contributed by atoms with E-state index in [1.54, 1.807) is 22.3 Å². The molecular formula is C13H17-. The summed E-state index contributed by atoms with van der Waals surface area (Å²) in [6, 6.07) is 2.52. The molecule has 0 radical (unpaired) electrons. The van der Waals surface area contributed by atoms with Gasteiger partial charge in [-0.1, -0.05) is 51.4 Å². The van der Waals surface area contributed by atoms with Gasteiger partial charge in [-0.3, -0.25) is 0 Å². The molecule has 2 aliphatic rings. The summed E-state index contributed by atoms with van der Waals surface area (Å²) in [7, 11) is 0. The fraction of sp³-hybridized carbons (Fsp3) is 0.615. The van der Waals surface area contributed by atoms with E-state index in [4.69, 9.17) is 0 Å². The summed E-state index contributed by atoms with van der Waals surface area (Å²) >= 11 is 0. The highest BCUT2D eigenvalue weighted by Crippen LogP contribution is 2.34. The first-order valence-electron chi connectivity index (χ1n) is 5.74. The van der Waals surface area contributed by atoms with Crippen molar-refractivity contribution in [1.82, 2.24) is 0 Å². The monoisotopic (exact) mass is 173 g/mol. The molecule has 1 aromatic rings. The van der Waals surface area contributed by atoms with Crippen LogP contribution in [0.3, 0.4) is 0 Å². The van der Waals surface area contributed by atoms with Crippen LogP contribution in [-0.2, 0) is 25.7 Å². The fourth-order valence-electron chi connectivity index (χ4n) is 3.08. The van der Waals surface area contributed by atoms with E-state index in [1.165, 1.54) is 51.4 Å². The zero-order chi connectivity index (χ0) is 8.67. The number of hydrogen-bond donors (Lipinski definition) is 0. The molecule has 0 aromatic heterocycles. The summed E-state index contributed by atoms with van der Waals surface area (Å²) in [5.41, 5.74) is 6.94. The van der Waals surface area contributed by atoms with E-state index in [0.29, 0.717) is 0 Å². The Hall–Kier alpha value is -0.650. The second kappa shape index (κ2) is 2.94. The third-order valence-corrected chi connectivity index (χ3v) is 3.73. The lowest BCUT2D eigenvalue weighted by molar-refractivity contribution is 0.661. The van der Waals surface area contributed by atoms with Gasteiger partial charge in [0, 0.05) is 0 Å². The Morgan fingerprint density at radius 3 is 2.77 bits per heavy atom. The van der Waals surface area contributed by atoms with Crippen molar-refractivity contribution in [3.8, 4) is 0 Å². The van der Waals surface area contributed by atoms with Crippen LogP contribution in [0.5, 0.6) is 0 Å². The maximum Gasteiger partial charge on any atom is -0.0509 e. The van der Waals surface area contributed by atoms with E-state index >= 15 is 0 Å². The van der Waals surface area contributed by atoms with E-state index in [2.05, 4.69) is 6.07 Å².